The number of carbonyl (C=O) groups excluding carboxylic acids is 3. The fourth-order valence-corrected chi connectivity index (χ4v) is 10.2. The number of hydrogen-bond acceptors (Lipinski definition) is 13. The largest absolute Gasteiger partial charge is 0.463 e. The van der Waals surface area contributed by atoms with Crippen molar-refractivity contribution in [1.82, 2.24) is 4.90 Å². The normalized spacial score (nSPS) is 12.4. The third-order valence-corrected chi connectivity index (χ3v) is 15.4. The van der Waals surface area contributed by atoms with Gasteiger partial charge in [-0.3, -0.25) is 14.4 Å². The average Bonchev–Trinajstić information content (AvgIpc) is 3.46. The highest BCUT2D eigenvalue weighted by Gasteiger charge is 2.17. The fourth-order valence-electron chi connectivity index (χ4n) is 10.2. The van der Waals surface area contributed by atoms with Gasteiger partial charge in [0, 0.05) is 32.5 Å². The molecule has 13 nitrogen and oxygen atoms in total. The first kappa shape index (κ1) is 80.1. The zero-order chi connectivity index (χ0) is 59.7. The summed E-state index contributed by atoms with van der Waals surface area (Å²) in [6.07, 6.45) is 49.0. The average molecular weight is 1170 g/mol. The topological polar surface area (TPSA) is 138 Å². The van der Waals surface area contributed by atoms with Crippen LogP contribution in [0.25, 0.3) is 0 Å². The second-order valence-corrected chi connectivity index (χ2v) is 23.8. The van der Waals surface area contributed by atoms with Crippen LogP contribution in [0.1, 0.15) is 310 Å². The van der Waals surface area contributed by atoms with E-state index < -0.39 is 0 Å². The molecule has 0 saturated heterocycles. The Kier molecular flexibility index (Phi) is 65.1. The zero-order valence-corrected chi connectivity index (χ0v) is 54.9. The number of carbonyl (C=O) groups is 3. The van der Waals surface area contributed by atoms with Crippen molar-refractivity contribution in [3.63, 3.8) is 0 Å². The molecule has 2 unspecified atom stereocenters. The lowest BCUT2D eigenvalue weighted by atomic mass is 10.0. The van der Waals surface area contributed by atoms with Crippen LogP contribution in [0.15, 0.2) is 0 Å². The first-order valence-corrected chi connectivity index (χ1v) is 34.9. The predicted octanol–water partition coefficient (Wildman–Crippen LogP) is 17.6. The van der Waals surface area contributed by atoms with Crippen molar-refractivity contribution in [3.8, 4) is 0 Å². The van der Waals surface area contributed by atoms with Crippen molar-refractivity contribution < 1.29 is 57.0 Å². The Bertz CT molecular complexity index is 1290. The molecule has 0 N–H and O–H groups in total. The van der Waals surface area contributed by atoms with E-state index in [1.54, 1.807) is 0 Å². The Labute approximate surface area is 506 Å². The van der Waals surface area contributed by atoms with E-state index in [-0.39, 0.29) is 42.8 Å². The first-order chi connectivity index (χ1) is 40.2. The quantitative estimate of drug-likeness (QED) is 0.0325. The van der Waals surface area contributed by atoms with Gasteiger partial charge in [-0.25, -0.2) is 0 Å². The van der Waals surface area contributed by atoms with Gasteiger partial charge in [-0.2, -0.15) is 0 Å². The van der Waals surface area contributed by atoms with Crippen LogP contribution in [0.5, 0.6) is 0 Å². The Morgan fingerprint density at radius 1 is 0.293 bits per heavy atom. The third kappa shape index (κ3) is 62.7. The summed E-state index contributed by atoms with van der Waals surface area (Å²) in [5.41, 5.74) is 0. The summed E-state index contributed by atoms with van der Waals surface area (Å²) < 4.78 is 52.8. The summed E-state index contributed by atoms with van der Waals surface area (Å²) in [4.78, 5) is 39.8. The molecule has 0 radical (unpaired) electrons. The minimum Gasteiger partial charge on any atom is -0.463 e. The van der Waals surface area contributed by atoms with E-state index in [0.717, 1.165) is 135 Å². The molecule has 0 heterocycles. The summed E-state index contributed by atoms with van der Waals surface area (Å²) in [6, 6.07) is 0. The maximum absolute atomic E-state index is 12.9. The van der Waals surface area contributed by atoms with Gasteiger partial charge in [0.1, 0.15) is 24.9 Å². The van der Waals surface area contributed by atoms with Crippen LogP contribution in [0.2, 0.25) is 0 Å². The van der Waals surface area contributed by atoms with Crippen LogP contribution in [0.3, 0.4) is 0 Å². The number of hydrogen-bond donors (Lipinski definition) is 0. The van der Waals surface area contributed by atoms with Gasteiger partial charge in [-0.05, 0) is 111 Å². The van der Waals surface area contributed by atoms with Gasteiger partial charge in [-0.1, -0.05) is 201 Å². The van der Waals surface area contributed by atoms with Crippen LogP contribution in [-0.4, -0.2) is 141 Å². The molecule has 0 fully saturated rings. The minimum absolute atomic E-state index is 0.0119. The Hall–Kier alpha value is -1.87. The fraction of sp³-hybridized carbons (Fsp3) is 0.957. The summed E-state index contributed by atoms with van der Waals surface area (Å²) in [7, 11) is 4.06. The highest BCUT2D eigenvalue weighted by atomic mass is 16.6. The number of nitrogens with zero attached hydrogens (tertiary/aromatic N) is 1. The van der Waals surface area contributed by atoms with E-state index >= 15 is 0 Å². The van der Waals surface area contributed by atoms with Crippen molar-refractivity contribution >= 4 is 17.9 Å². The second-order valence-electron chi connectivity index (χ2n) is 23.8. The van der Waals surface area contributed by atoms with Gasteiger partial charge >= 0.3 is 17.9 Å². The maximum atomic E-state index is 12.9. The van der Waals surface area contributed by atoms with E-state index in [4.69, 9.17) is 42.6 Å². The SMILES string of the molecule is CCCCCCCCCC(CCCCCCCC)OC(=O)CCCCCCCOCC(COCCOCCOCCOCCOC(=O)CCCCN(C)C)OCCCCCCCC(=O)OC(CCCCCCCC)CCCCCCCC. The summed E-state index contributed by atoms with van der Waals surface area (Å²) in [5, 5.41) is 0. The van der Waals surface area contributed by atoms with E-state index in [1.165, 1.54) is 135 Å². The van der Waals surface area contributed by atoms with Crippen LogP contribution >= 0.6 is 0 Å². The summed E-state index contributed by atoms with van der Waals surface area (Å²) >= 11 is 0. The van der Waals surface area contributed by atoms with Gasteiger partial charge in [0.15, 0.2) is 0 Å². The van der Waals surface area contributed by atoms with Crippen LogP contribution in [0, 0.1) is 0 Å². The summed E-state index contributed by atoms with van der Waals surface area (Å²) in [5.74, 6) is -0.203. The monoisotopic (exact) mass is 1170 g/mol. The van der Waals surface area contributed by atoms with Crippen LogP contribution in [0.4, 0.5) is 0 Å². The van der Waals surface area contributed by atoms with Crippen molar-refractivity contribution in [2.24, 2.45) is 0 Å². The molecule has 0 aliphatic rings. The molecule has 0 aromatic heterocycles. The van der Waals surface area contributed by atoms with Crippen molar-refractivity contribution in [3.05, 3.63) is 0 Å². The van der Waals surface area contributed by atoms with Gasteiger partial charge in [0.05, 0.1) is 59.5 Å². The van der Waals surface area contributed by atoms with E-state index in [0.29, 0.717) is 91.9 Å². The first-order valence-electron chi connectivity index (χ1n) is 34.9. The Balaban J connectivity index is 4.71. The number of unbranched alkanes of at least 4 members (excludes halogenated alkanes) is 30. The maximum Gasteiger partial charge on any atom is 0.306 e. The molecule has 0 aliphatic carbocycles. The van der Waals surface area contributed by atoms with E-state index in [9.17, 15) is 14.4 Å². The molecule has 0 rings (SSSR count). The molecule has 0 bridgehead atoms. The third-order valence-electron chi connectivity index (χ3n) is 15.4. The summed E-state index contributed by atoms with van der Waals surface area (Å²) in [6.45, 7) is 15.5. The highest BCUT2D eigenvalue weighted by Crippen LogP contribution is 2.21. The zero-order valence-electron chi connectivity index (χ0n) is 54.9. The Morgan fingerprint density at radius 3 is 1.00 bits per heavy atom. The van der Waals surface area contributed by atoms with Crippen LogP contribution < -0.4 is 0 Å². The molecule has 2 atom stereocenters. The molecule has 0 amide bonds. The van der Waals surface area contributed by atoms with E-state index in [2.05, 4.69) is 32.6 Å². The molecule has 0 spiro atoms. The molecule has 0 aliphatic heterocycles. The Morgan fingerprint density at radius 2 is 0.598 bits per heavy atom. The van der Waals surface area contributed by atoms with Crippen LogP contribution in [-0.2, 0) is 57.0 Å². The van der Waals surface area contributed by atoms with Gasteiger partial charge < -0.3 is 47.5 Å². The van der Waals surface area contributed by atoms with Gasteiger partial charge in [0.25, 0.3) is 0 Å². The highest BCUT2D eigenvalue weighted by molar-refractivity contribution is 5.70. The lowest BCUT2D eigenvalue weighted by Gasteiger charge is -2.19. The molecular formula is C69H135NO12. The lowest BCUT2D eigenvalue weighted by molar-refractivity contribution is -0.151. The van der Waals surface area contributed by atoms with Gasteiger partial charge in [0.2, 0.25) is 0 Å². The number of esters is 3. The standard InChI is InChI=1S/C69H135NO12/c1-7-11-15-19-23-29-37-47-65(46-36-28-22-18-14-10-4)82-68(72)49-38-30-24-32-42-52-77-62-66(63-78-59-58-75-55-54-74-56-57-76-60-61-80-67(71)48-40-41-51-70(5)6)79-53-43-33-25-31-39-50-69(73)81-64(44-34-26-20-16-12-8-2)45-35-27-21-17-13-9-3/h64-66H,7-63H2,1-6H3. The molecule has 82 heavy (non-hydrogen) atoms. The molecule has 0 aromatic rings. The molecule has 13 heteroatoms. The van der Waals surface area contributed by atoms with Crippen molar-refractivity contribution in [2.75, 3.05) is 99.9 Å². The minimum atomic E-state index is -0.174. The van der Waals surface area contributed by atoms with E-state index in [1.807, 2.05) is 14.1 Å². The molecule has 488 valence electrons. The smallest absolute Gasteiger partial charge is 0.306 e. The van der Waals surface area contributed by atoms with Crippen molar-refractivity contribution in [1.29, 1.82) is 0 Å². The second kappa shape index (κ2) is 66.7. The van der Waals surface area contributed by atoms with Crippen molar-refractivity contribution in [2.45, 2.75) is 329 Å². The molecular weight excluding hydrogens is 1030 g/mol. The molecule has 0 aromatic carbocycles. The molecule has 0 saturated carbocycles. The lowest BCUT2D eigenvalue weighted by Crippen LogP contribution is -2.27. The number of ether oxygens (including phenoxy) is 9. The predicted molar refractivity (Wildman–Crippen MR) is 339 cm³/mol. The number of rotatable bonds is 69. The van der Waals surface area contributed by atoms with Gasteiger partial charge in [-0.15, -0.1) is 0 Å².